The molecule has 7 aliphatic carbocycles. The Labute approximate surface area is 533 Å². The van der Waals surface area contributed by atoms with E-state index in [0.29, 0.717) is 17.9 Å². The van der Waals surface area contributed by atoms with Gasteiger partial charge in [0, 0.05) is 61.3 Å². The fourth-order valence-corrected chi connectivity index (χ4v) is 19.8. The zero-order valence-electron chi connectivity index (χ0n) is 54.5. The van der Waals surface area contributed by atoms with Gasteiger partial charge in [0.1, 0.15) is 0 Å². The molecule has 11 aromatic carbocycles. The van der Waals surface area contributed by atoms with Gasteiger partial charge in [0.05, 0.1) is 5.69 Å². The van der Waals surface area contributed by atoms with Gasteiger partial charge in [0.25, 0.3) is 0 Å². The minimum absolute atomic E-state index is 0.0959. The molecule has 0 aromatic heterocycles. The van der Waals surface area contributed by atoms with Crippen LogP contribution in [-0.4, -0.2) is 6.04 Å². The van der Waals surface area contributed by atoms with Crippen molar-refractivity contribution < 1.29 is 0 Å². The first-order chi connectivity index (χ1) is 43.2. The molecule has 11 aromatic rings. The number of nitrogens with zero attached hydrogens (tertiary/aromatic N) is 2. The number of anilines is 5. The first-order valence-electron chi connectivity index (χ1n) is 33.5. The average Bonchev–Trinajstić information content (AvgIpc) is 1.78. The Morgan fingerprint density at radius 3 is 1.21 bits per heavy atom. The van der Waals surface area contributed by atoms with Gasteiger partial charge in [-0.1, -0.05) is 229 Å². The molecule has 90 heavy (non-hydrogen) atoms. The molecule has 7 aliphatic rings. The zero-order valence-corrected chi connectivity index (χ0v) is 54.5. The summed E-state index contributed by atoms with van der Waals surface area (Å²) in [6, 6.07) is 83.9. The van der Waals surface area contributed by atoms with Crippen LogP contribution in [0.3, 0.4) is 0 Å². The monoisotopic (exact) mass is 1160 g/mol. The maximum Gasteiger partial charge on any atom is 0.0543 e. The minimum atomic E-state index is -0.301. The van der Waals surface area contributed by atoms with E-state index >= 15 is 0 Å². The lowest BCUT2D eigenvalue weighted by atomic mass is 9.68. The third kappa shape index (κ3) is 7.01. The summed E-state index contributed by atoms with van der Waals surface area (Å²) in [7, 11) is 0. The van der Waals surface area contributed by atoms with Gasteiger partial charge in [-0.05, 0) is 231 Å². The Hall–Kier alpha value is -8.72. The average molecular weight is 1170 g/mol. The molecule has 18 rings (SSSR count). The summed E-state index contributed by atoms with van der Waals surface area (Å²) in [5.74, 6) is 1.17. The summed E-state index contributed by atoms with van der Waals surface area (Å²) < 4.78 is 0. The van der Waals surface area contributed by atoms with E-state index in [2.05, 4.69) is 305 Å². The van der Waals surface area contributed by atoms with Gasteiger partial charge < -0.3 is 9.80 Å². The normalized spacial score (nSPS) is 20.5. The molecule has 442 valence electrons. The highest BCUT2D eigenvalue weighted by Crippen LogP contribution is 2.63. The zero-order chi connectivity index (χ0) is 61.5. The predicted molar refractivity (Wildman–Crippen MR) is 378 cm³/mol. The molecule has 2 heteroatoms. The van der Waals surface area contributed by atoms with E-state index in [9.17, 15) is 0 Å². The van der Waals surface area contributed by atoms with Crippen molar-refractivity contribution in [1.29, 1.82) is 0 Å². The van der Waals surface area contributed by atoms with Gasteiger partial charge >= 0.3 is 0 Å². The van der Waals surface area contributed by atoms with Crippen LogP contribution in [0.5, 0.6) is 0 Å². The third-order valence-electron chi connectivity index (χ3n) is 24.6. The Balaban J connectivity index is 0.773. The van der Waals surface area contributed by atoms with Crippen LogP contribution in [0.4, 0.5) is 28.4 Å². The van der Waals surface area contributed by atoms with Crippen LogP contribution in [-0.2, 0) is 32.5 Å². The van der Waals surface area contributed by atoms with Crippen LogP contribution >= 0.6 is 0 Å². The molecule has 0 spiro atoms. The fraction of sp³-hybridized carbons (Fsp3) is 0.273. The van der Waals surface area contributed by atoms with E-state index in [4.69, 9.17) is 0 Å². The van der Waals surface area contributed by atoms with Gasteiger partial charge in [-0.25, -0.2) is 0 Å². The lowest BCUT2D eigenvalue weighted by molar-refractivity contribution is 0.213. The van der Waals surface area contributed by atoms with Gasteiger partial charge in [-0.3, -0.25) is 0 Å². The van der Waals surface area contributed by atoms with E-state index in [-0.39, 0.29) is 32.5 Å². The molecule has 0 amide bonds. The molecular formula is C88H80N2. The van der Waals surface area contributed by atoms with Gasteiger partial charge in [0.2, 0.25) is 0 Å². The maximum atomic E-state index is 2.81. The summed E-state index contributed by atoms with van der Waals surface area (Å²) >= 11 is 0. The second-order valence-corrected chi connectivity index (χ2v) is 31.2. The van der Waals surface area contributed by atoms with Gasteiger partial charge in [0.15, 0.2) is 0 Å². The fourth-order valence-electron chi connectivity index (χ4n) is 19.8. The predicted octanol–water partition coefficient (Wildman–Crippen LogP) is 23.2. The van der Waals surface area contributed by atoms with E-state index in [1.165, 1.54) is 157 Å². The Kier molecular flexibility index (Phi) is 10.9. The quantitative estimate of drug-likeness (QED) is 0.164. The van der Waals surface area contributed by atoms with E-state index in [1.54, 1.807) is 11.1 Å². The second kappa shape index (κ2) is 18.0. The molecule has 0 bridgehead atoms. The summed E-state index contributed by atoms with van der Waals surface area (Å²) in [4.78, 5) is 5.42. The van der Waals surface area contributed by atoms with Crippen molar-refractivity contribution >= 4 is 39.2 Å². The van der Waals surface area contributed by atoms with Crippen molar-refractivity contribution in [1.82, 2.24) is 0 Å². The van der Waals surface area contributed by atoms with Crippen molar-refractivity contribution in [2.45, 2.75) is 147 Å². The van der Waals surface area contributed by atoms with E-state index < -0.39 is 0 Å². The van der Waals surface area contributed by atoms with Crippen molar-refractivity contribution in [2.24, 2.45) is 5.92 Å². The standard InChI is InChI=1S/C88H80N2/c1-83(2)69-29-19-15-23-56(69)60-38-33-51(43-73(60)83)89(52-34-39-61-57-24-16-20-30-70(57)84(3,4)74(61)44-52)53-35-42-64-67-48-79-68(49-78(67)87(9,10)77(64)45-53)82-66-28-14-13-27-65(66)81(50-80(82)88(79,11)12)90(54-36-40-62-58-25-17-21-31-71(58)85(5,6)75(62)46-54)55-37-41-63-59-26-18-22-32-72(59)86(7,8)76(63)47-55/h13-33,35-38,40-43,45-50,52,61,74H,34,39,44H2,1-12H3. The van der Waals surface area contributed by atoms with Crippen LogP contribution in [0.1, 0.15) is 175 Å². The largest absolute Gasteiger partial charge is 0.338 e. The number of benzene rings is 11. The van der Waals surface area contributed by atoms with Crippen LogP contribution < -0.4 is 9.80 Å². The Morgan fingerprint density at radius 2 is 0.678 bits per heavy atom. The summed E-state index contributed by atoms with van der Waals surface area (Å²) in [6.07, 6.45) is 3.52. The number of fused-ring (bicyclic) bond motifs is 20. The molecule has 2 nitrogen and oxygen atoms in total. The molecule has 3 atom stereocenters. The molecule has 0 N–H and O–H groups in total. The first kappa shape index (κ1) is 54.2. The van der Waals surface area contributed by atoms with Crippen molar-refractivity contribution in [2.75, 3.05) is 9.80 Å². The van der Waals surface area contributed by atoms with Crippen LogP contribution in [0.25, 0.3) is 66.4 Å². The smallest absolute Gasteiger partial charge is 0.0543 e. The van der Waals surface area contributed by atoms with Crippen LogP contribution in [0.2, 0.25) is 0 Å². The van der Waals surface area contributed by atoms with E-state index in [0.717, 1.165) is 12.8 Å². The molecule has 3 unspecified atom stereocenters. The van der Waals surface area contributed by atoms with Gasteiger partial charge in [-0.15, -0.1) is 0 Å². The topological polar surface area (TPSA) is 6.48 Å². The van der Waals surface area contributed by atoms with Crippen LogP contribution in [0, 0.1) is 5.92 Å². The maximum absolute atomic E-state index is 2.81. The molecular weight excluding hydrogens is 1080 g/mol. The molecule has 0 saturated heterocycles. The highest BCUT2D eigenvalue weighted by molar-refractivity contribution is 6.11. The third-order valence-corrected chi connectivity index (χ3v) is 24.6. The summed E-state index contributed by atoms with van der Waals surface area (Å²) in [5.41, 5.74) is 36.2. The molecule has 1 fully saturated rings. The number of hydrogen-bond acceptors (Lipinski definition) is 2. The lowest BCUT2D eigenvalue weighted by Crippen LogP contribution is -2.41. The first-order valence-corrected chi connectivity index (χ1v) is 33.5. The lowest BCUT2D eigenvalue weighted by Gasteiger charge is -2.44. The summed E-state index contributed by atoms with van der Waals surface area (Å²) in [6.45, 7) is 29.6. The summed E-state index contributed by atoms with van der Waals surface area (Å²) in [5, 5.41) is 2.57. The number of hydrogen-bond donors (Lipinski definition) is 0. The number of rotatable bonds is 6. The Bertz CT molecular complexity index is 4870. The van der Waals surface area contributed by atoms with Crippen molar-refractivity contribution in [3.63, 3.8) is 0 Å². The SMILES string of the molecule is CC1(C)c2ccccc2-c2ccc(N(c3ccc4c(c3)C(C)(C)c3ccccc3-4)c3cc4c(c5ccccc35)-c3cc5c(cc3C4(C)C)-c3ccc(N(c4ccc6c(c4)C(C)(C)c4ccccc4-6)C4CCC6c7ccccc7C(C)(C)C6C4)cc3C5(C)C)cc21. The molecule has 0 aliphatic heterocycles. The molecule has 0 radical (unpaired) electrons. The van der Waals surface area contributed by atoms with Gasteiger partial charge in [-0.2, -0.15) is 0 Å². The molecule has 1 saturated carbocycles. The Morgan fingerprint density at radius 1 is 0.300 bits per heavy atom. The highest BCUT2D eigenvalue weighted by Gasteiger charge is 2.51. The van der Waals surface area contributed by atoms with Crippen molar-refractivity contribution in [3.8, 4) is 55.6 Å². The van der Waals surface area contributed by atoms with E-state index in [1.807, 2.05) is 0 Å². The van der Waals surface area contributed by atoms with Crippen molar-refractivity contribution in [3.05, 3.63) is 279 Å². The highest BCUT2D eigenvalue weighted by atomic mass is 15.2. The molecule has 0 heterocycles. The van der Waals surface area contributed by atoms with Crippen LogP contribution in [0.15, 0.2) is 212 Å². The minimum Gasteiger partial charge on any atom is -0.338 e. The second-order valence-electron chi connectivity index (χ2n) is 31.2.